The van der Waals surface area contributed by atoms with Gasteiger partial charge in [-0.05, 0) is 24.6 Å². The summed E-state index contributed by atoms with van der Waals surface area (Å²) in [6.07, 6.45) is 1.66. The highest BCUT2D eigenvalue weighted by atomic mass is 16.5. The van der Waals surface area contributed by atoms with E-state index in [1.807, 2.05) is 31.2 Å². The minimum Gasteiger partial charge on any atom is -0.497 e. The van der Waals surface area contributed by atoms with Crippen LogP contribution in [-0.2, 0) is 11.3 Å². The summed E-state index contributed by atoms with van der Waals surface area (Å²) in [6.45, 7) is 2.35. The lowest BCUT2D eigenvalue weighted by Crippen LogP contribution is -2.13. The number of carbonyl (C=O) groups excluding carboxylic acids is 1. The third kappa shape index (κ3) is 2.76. The summed E-state index contributed by atoms with van der Waals surface area (Å²) in [5.41, 5.74) is 2.33. The van der Waals surface area contributed by atoms with Gasteiger partial charge in [-0.2, -0.15) is 5.10 Å². The predicted octanol–water partition coefficient (Wildman–Crippen LogP) is 2.04. The number of carbonyl (C=O) groups is 1. The SMILES string of the molecule is COC(=O)c1c(C)cnn1Cc1ccc(OC)cc1. The van der Waals surface area contributed by atoms with Gasteiger partial charge in [-0.15, -0.1) is 0 Å². The summed E-state index contributed by atoms with van der Waals surface area (Å²) in [5.74, 6) is 0.428. The summed E-state index contributed by atoms with van der Waals surface area (Å²) in [7, 11) is 2.99. The molecular weight excluding hydrogens is 244 g/mol. The Balaban J connectivity index is 2.25. The van der Waals surface area contributed by atoms with Crippen LogP contribution in [0.1, 0.15) is 21.6 Å². The average molecular weight is 260 g/mol. The molecule has 0 N–H and O–H groups in total. The van der Waals surface area contributed by atoms with Crippen molar-refractivity contribution in [3.05, 3.63) is 47.3 Å². The first-order valence-electron chi connectivity index (χ1n) is 5.89. The van der Waals surface area contributed by atoms with Crippen molar-refractivity contribution in [2.45, 2.75) is 13.5 Å². The first-order valence-corrected chi connectivity index (χ1v) is 5.89. The van der Waals surface area contributed by atoms with Crippen molar-refractivity contribution in [3.8, 4) is 5.75 Å². The van der Waals surface area contributed by atoms with Crippen molar-refractivity contribution < 1.29 is 14.3 Å². The van der Waals surface area contributed by atoms with E-state index >= 15 is 0 Å². The highest BCUT2D eigenvalue weighted by molar-refractivity contribution is 5.88. The molecule has 0 aliphatic heterocycles. The minimum atomic E-state index is -0.372. The second kappa shape index (κ2) is 5.56. The molecule has 1 heterocycles. The molecule has 0 aliphatic carbocycles. The summed E-state index contributed by atoms with van der Waals surface area (Å²) in [5, 5.41) is 4.21. The smallest absolute Gasteiger partial charge is 0.356 e. The quantitative estimate of drug-likeness (QED) is 0.789. The molecule has 2 aromatic rings. The van der Waals surface area contributed by atoms with Gasteiger partial charge in [-0.1, -0.05) is 12.1 Å². The number of methoxy groups -OCH3 is 2. The molecule has 5 nitrogen and oxygen atoms in total. The van der Waals surface area contributed by atoms with Crippen LogP contribution in [0.15, 0.2) is 30.5 Å². The summed E-state index contributed by atoms with van der Waals surface area (Å²) >= 11 is 0. The Labute approximate surface area is 111 Å². The van der Waals surface area contributed by atoms with Gasteiger partial charge in [0.2, 0.25) is 0 Å². The Morgan fingerprint density at radius 2 is 1.95 bits per heavy atom. The highest BCUT2D eigenvalue weighted by Crippen LogP contribution is 2.15. The first kappa shape index (κ1) is 13.1. The van der Waals surface area contributed by atoms with E-state index in [0.717, 1.165) is 16.9 Å². The van der Waals surface area contributed by atoms with E-state index in [0.29, 0.717) is 12.2 Å². The zero-order chi connectivity index (χ0) is 13.8. The molecular formula is C14H16N2O3. The minimum absolute atomic E-state index is 0.372. The monoisotopic (exact) mass is 260 g/mol. The molecule has 0 aliphatic rings. The molecule has 0 radical (unpaired) electrons. The molecule has 0 spiro atoms. The first-order chi connectivity index (χ1) is 9.15. The van der Waals surface area contributed by atoms with Gasteiger partial charge in [0.25, 0.3) is 0 Å². The van der Waals surface area contributed by atoms with Crippen LogP contribution in [0.2, 0.25) is 0 Å². The van der Waals surface area contributed by atoms with E-state index in [1.54, 1.807) is 18.0 Å². The lowest BCUT2D eigenvalue weighted by molar-refractivity contribution is 0.0586. The Morgan fingerprint density at radius 1 is 1.26 bits per heavy atom. The number of hydrogen-bond donors (Lipinski definition) is 0. The van der Waals surface area contributed by atoms with Crippen LogP contribution in [0, 0.1) is 6.92 Å². The molecule has 1 aromatic heterocycles. The van der Waals surface area contributed by atoms with Crippen LogP contribution < -0.4 is 4.74 Å². The van der Waals surface area contributed by atoms with Crippen molar-refractivity contribution in [2.75, 3.05) is 14.2 Å². The molecule has 5 heteroatoms. The third-order valence-corrected chi connectivity index (χ3v) is 2.89. The lowest BCUT2D eigenvalue weighted by Gasteiger charge is -2.07. The molecule has 0 atom stereocenters. The maximum atomic E-state index is 11.7. The molecule has 0 fully saturated rings. The second-order valence-corrected chi connectivity index (χ2v) is 4.17. The van der Waals surface area contributed by atoms with E-state index in [4.69, 9.17) is 9.47 Å². The van der Waals surface area contributed by atoms with Crippen LogP contribution in [-0.4, -0.2) is 30.0 Å². The Kier molecular flexibility index (Phi) is 3.85. The number of ether oxygens (including phenoxy) is 2. The number of rotatable bonds is 4. The highest BCUT2D eigenvalue weighted by Gasteiger charge is 2.16. The van der Waals surface area contributed by atoms with Gasteiger partial charge in [0.1, 0.15) is 11.4 Å². The number of aryl methyl sites for hydroxylation is 1. The van der Waals surface area contributed by atoms with Crippen molar-refractivity contribution >= 4 is 5.97 Å². The van der Waals surface area contributed by atoms with Gasteiger partial charge in [-0.25, -0.2) is 4.79 Å². The van der Waals surface area contributed by atoms with E-state index in [1.165, 1.54) is 7.11 Å². The van der Waals surface area contributed by atoms with Gasteiger partial charge in [-0.3, -0.25) is 4.68 Å². The fourth-order valence-electron chi connectivity index (χ4n) is 1.87. The van der Waals surface area contributed by atoms with Crippen molar-refractivity contribution in [1.29, 1.82) is 0 Å². The van der Waals surface area contributed by atoms with Gasteiger partial charge in [0, 0.05) is 5.56 Å². The van der Waals surface area contributed by atoms with Crippen molar-refractivity contribution in [1.82, 2.24) is 9.78 Å². The number of benzene rings is 1. The Bertz CT molecular complexity index is 573. The zero-order valence-electron chi connectivity index (χ0n) is 11.2. The predicted molar refractivity (Wildman–Crippen MR) is 70.4 cm³/mol. The maximum Gasteiger partial charge on any atom is 0.356 e. The van der Waals surface area contributed by atoms with E-state index in [-0.39, 0.29) is 5.97 Å². The van der Waals surface area contributed by atoms with Gasteiger partial charge in [0.05, 0.1) is 27.0 Å². The standard InChI is InChI=1S/C14H16N2O3/c1-10-8-15-16(13(10)14(17)19-3)9-11-4-6-12(18-2)7-5-11/h4-8H,9H2,1-3H3. The fourth-order valence-corrected chi connectivity index (χ4v) is 1.87. The largest absolute Gasteiger partial charge is 0.497 e. The van der Waals surface area contributed by atoms with Gasteiger partial charge >= 0.3 is 5.97 Å². The van der Waals surface area contributed by atoms with Crippen molar-refractivity contribution in [3.63, 3.8) is 0 Å². The Hall–Kier alpha value is -2.30. The lowest BCUT2D eigenvalue weighted by atomic mass is 10.2. The van der Waals surface area contributed by atoms with Crippen LogP contribution in [0.4, 0.5) is 0 Å². The molecule has 0 amide bonds. The molecule has 0 bridgehead atoms. The average Bonchev–Trinajstić information content (AvgIpc) is 2.80. The summed E-state index contributed by atoms with van der Waals surface area (Å²) in [6, 6.07) is 7.64. The van der Waals surface area contributed by atoms with Crippen LogP contribution in [0.5, 0.6) is 5.75 Å². The second-order valence-electron chi connectivity index (χ2n) is 4.17. The molecule has 0 saturated carbocycles. The molecule has 100 valence electrons. The number of esters is 1. The van der Waals surface area contributed by atoms with E-state index in [9.17, 15) is 4.79 Å². The third-order valence-electron chi connectivity index (χ3n) is 2.89. The summed E-state index contributed by atoms with van der Waals surface area (Å²) < 4.78 is 11.5. The summed E-state index contributed by atoms with van der Waals surface area (Å²) in [4.78, 5) is 11.7. The molecule has 19 heavy (non-hydrogen) atoms. The van der Waals surface area contributed by atoms with Crippen LogP contribution >= 0.6 is 0 Å². The molecule has 0 saturated heterocycles. The number of aromatic nitrogens is 2. The van der Waals surface area contributed by atoms with Gasteiger partial charge < -0.3 is 9.47 Å². The maximum absolute atomic E-state index is 11.7. The number of hydrogen-bond acceptors (Lipinski definition) is 4. The molecule has 1 aromatic carbocycles. The number of nitrogens with zero attached hydrogens (tertiary/aromatic N) is 2. The van der Waals surface area contributed by atoms with E-state index in [2.05, 4.69) is 5.10 Å². The Morgan fingerprint density at radius 3 is 2.53 bits per heavy atom. The van der Waals surface area contributed by atoms with Crippen LogP contribution in [0.3, 0.4) is 0 Å². The normalized spacial score (nSPS) is 10.3. The zero-order valence-corrected chi connectivity index (χ0v) is 11.2. The van der Waals surface area contributed by atoms with Gasteiger partial charge in [0.15, 0.2) is 0 Å². The fraction of sp³-hybridized carbons (Fsp3) is 0.286. The topological polar surface area (TPSA) is 53.3 Å². The van der Waals surface area contributed by atoms with E-state index < -0.39 is 0 Å². The molecule has 2 rings (SSSR count). The van der Waals surface area contributed by atoms with Crippen molar-refractivity contribution in [2.24, 2.45) is 0 Å². The molecule has 0 unspecified atom stereocenters. The van der Waals surface area contributed by atoms with Crippen LogP contribution in [0.25, 0.3) is 0 Å².